The maximum atomic E-state index is 12.3. The summed E-state index contributed by atoms with van der Waals surface area (Å²) in [6.07, 6.45) is 6.23. The summed E-state index contributed by atoms with van der Waals surface area (Å²) in [6, 6.07) is 17.5. The predicted octanol–water partition coefficient (Wildman–Crippen LogP) is 5.56. The summed E-state index contributed by atoms with van der Waals surface area (Å²) in [7, 11) is 0. The molecule has 0 bridgehead atoms. The van der Waals surface area contributed by atoms with Crippen LogP contribution in [0.1, 0.15) is 48.9 Å². The van der Waals surface area contributed by atoms with Crippen LogP contribution in [0.5, 0.6) is 0 Å². The highest BCUT2D eigenvalue weighted by Crippen LogP contribution is 2.29. The van der Waals surface area contributed by atoms with Crippen molar-refractivity contribution in [1.82, 2.24) is 0 Å². The molecule has 3 rings (SSSR count). The zero-order chi connectivity index (χ0) is 16.8. The molecule has 0 N–H and O–H groups in total. The number of benzene rings is 2. The Balaban J connectivity index is 1.55. The summed E-state index contributed by atoms with van der Waals surface area (Å²) in [4.78, 5) is 26.6. The van der Waals surface area contributed by atoms with Crippen LogP contribution in [0.4, 0.5) is 0 Å². The molecule has 0 amide bonds. The molecule has 0 radical (unpaired) electrons. The average Bonchev–Trinajstić information content (AvgIpc) is 3.14. The highest BCUT2D eigenvalue weighted by atomic mass is 32.2. The van der Waals surface area contributed by atoms with Crippen molar-refractivity contribution in [1.29, 1.82) is 0 Å². The fraction of sp³-hybridized carbons (Fsp3) is 0.333. The second-order valence-corrected chi connectivity index (χ2v) is 7.53. The van der Waals surface area contributed by atoms with Crippen LogP contribution < -0.4 is 0 Å². The lowest BCUT2D eigenvalue weighted by molar-refractivity contribution is -0.115. The van der Waals surface area contributed by atoms with Crippen LogP contribution in [0.15, 0.2) is 64.4 Å². The number of carbonyl (C=O) groups is 2. The van der Waals surface area contributed by atoms with Gasteiger partial charge < -0.3 is 0 Å². The van der Waals surface area contributed by atoms with Crippen molar-refractivity contribution in [3.63, 3.8) is 0 Å². The van der Waals surface area contributed by atoms with E-state index in [2.05, 4.69) is 12.1 Å². The lowest BCUT2D eigenvalue weighted by Gasteiger charge is -2.07. The molecule has 0 saturated heterocycles. The van der Waals surface area contributed by atoms with E-state index in [9.17, 15) is 9.59 Å². The van der Waals surface area contributed by atoms with Crippen LogP contribution in [0.25, 0.3) is 0 Å². The van der Waals surface area contributed by atoms with Gasteiger partial charge in [0, 0.05) is 21.8 Å². The van der Waals surface area contributed by atoms with Crippen molar-refractivity contribution in [2.45, 2.75) is 48.3 Å². The number of Topliss-reactive ketones (excluding diaryl/α,β-unsaturated/α-hetero) is 2. The molecular weight excluding hydrogens is 316 g/mol. The van der Waals surface area contributed by atoms with Gasteiger partial charge in [0.1, 0.15) is 0 Å². The van der Waals surface area contributed by atoms with Crippen LogP contribution >= 0.6 is 11.8 Å². The largest absolute Gasteiger partial charge is 0.290 e. The van der Waals surface area contributed by atoms with Crippen molar-refractivity contribution in [3.05, 3.63) is 60.2 Å². The van der Waals surface area contributed by atoms with Crippen LogP contribution in [0, 0.1) is 5.92 Å². The molecule has 0 heterocycles. The summed E-state index contributed by atoms with van der Waals surface area (Å²) >= 11 is 1.65. The summed E-state index contributed by atoms with van der Waals surface area (Å²) in [5.74, 6) is 0.0565. The Morgan fingerprint density at radius 2 is 1.50 bits per heavy atom. The summed E-state index contributed by atoms with van der Waals surface area (Å²) in [5, 5.41) is 0. The van der Waals surface area contributed by atoms with E-state index < -0.39 is 0 Å². The number of hydrogen-bond acceptors (Lipinski definition) is 3. The van der Waals surface area contributed by atoms with Crippen molar-refractivity contribution < 1.29 is 9.59 Å². The molecule has 2 aromatic carbocycles. The van der Waals surface area contributed by atoms with Gasteiger partial charge in [0.05, 0.1) is 0 Å². The number of hydrogen-bond donors (Lipinski definition) is 0. The molecule has 0 spiro atoms. The number of carbonyl (C=O) groups excluding carboxylic acids is 2. The molecule has 0 atom stereocenters. The molecule has 0 aliphatic heterocycles. The third-order valence-corrected chi connectivity index (χ3v) is 5.62. The fourth-order valence-electron chi connectivity index (χ4n) is 3.21. The maximum absolute atomic E-state index is 12.3. The van der Waals surface area contributed by atoms with E-state index in [-0.39, 0.29) is 11.6 Å². The van der Waals surface area contributed by atoms with Crippen molar-refractivity contribution in [2.24, 2.45) is 5.92 Å². The van der Waals surface area contributed by atoms with Gasteiger partial charge in [-0.15, -0.1) is 0 Å². The van der Waals surface area contributed by atoms with Gasteiger partial charge >= 0.3 is 0 Å². The zero-order valence-corrected chi connectivity index (χ0v) is 14.6. The average molecular weight is 338 g/mol. The topological polar surface area (TPSA) is 34.1 Å². The first-order chi connectivity index (χ1) is 11.7. The Morgan fingerprint density at radius 1 is 0.875 bits per heavy atom. The third-order valence-electron chi connectivity index (χ3n) is 4.60. The molecule has 3 heteroatoms. The number of rotatable bonds is 7. The Hall–Kier alpha value is -1.87. The van der Waals surface area contributed by atoms with Gasteiger partial charge in [-0.1, -0.05) is 55.6 Å². The summed E-state index contributed by atoms with van der Waals surface area (Å²) in [6.45, 7) is 0. The molecule has 1 saturated carbocycles. The zero-order valence-electron chi connectivity index (χ0n) is 13.7. The molecule has 1 aliphatic rings. The highest BCUT2D eigenvalue weighted by molar-refractivity contribution is 7.99. The summed E-state index contributed by atoms with van der Waals surface area (Å²) in [5.41, 5.74) is 0.504. The van der Waals surface area contributed by atoms with E-state index in [0.717, 1.165) is 16.2 Å². The van der Waals surface area contributed by atoms with Crippen molar-refractivity contribution in [3.8, 4) is 0 Å². The first-order valence-corrected chi connectivity index (χ1v) is 9.44. The molecule has 1 fully saturated rings. The molecule has 0 unspecified atom stereocenters. The number of ketones is 2. The van der Waals surface area contributed by atoms with E-state index in [1.165, 1.54) is 25.7 Å². The lowest BCUT2D eigenvalue weighted by Crippen LogP contribution is -2.15. The fourth-order valence-corrected chi connectivity index (χ4v) is 4.05. The second kappa shape index (κ2) is 8.29. The minimum Gasteiger partial charge on any atom is -0.290 e. The van der Waals surface area contributed by atoms with Gasteiger partial charge in [0.15, 0.2) is 0 Å². The van der Waals surface area contributed by atoms with Gasteiger partial charge in [0.2, 0.25) is 11.6 Å². The van der Waals surface area contributed by atoms with E-state index in [0.29, 0.717) is 17.9 Å². The standard InChI is InChI=1S/C21H22O2S/c22-20(15-10-16-6-4-5-7-16)21(23)17-11-13-19(14-12-17)24-18-8-2-1-3-9-18/h1-3,8-9,11-14,16H,4-7,10,15H2. The van der Waals surface area contributed by atoms with Gasteiger partial charge in [-0.25, -0.2) is 0 Å². The van der Waals surface area contributed by atoms with Crippen LogP contribution in [-0.4, -0.2) is 11.6 Å². The highest BCUT2D eigenvalue weighted by Gasteiger charge is 2.20. The normalized spacial score (nSPS) is 14.7. The van der Waals surface area contributed by atoms with Gasteiger partial charge in [-0.3, -0.25) is 9.59 Å². The van der Waals surface area contributed by atoms with E-state index in [4.69, 9.17) is 0 Å². The van der Waals surface area contributed by atoms with Crippen LogP contribution in [0.3, 0.4) is 0 Å². The Kier molecular flexibility index (Phi) is 5.86. The lowest BCUT2D eigenvalue weighted by atomic mass is 9.97. The van der Waals surface area contributed by atoms with Gasteiger partial charge in [-0.05, 0) is 48.7 Å². The third kappa shape index (κ3) is 4.57. The molecule has 24 heavy (non-hydrogen) atoms. The van der Waals surface area contributed by atoms with E-state index >= 15 is 0 Å². The molecule has 1 aliphatic carbocycles. The minimum atomic E-state index is -0.343. The molecular formula is C21H22O2S. The first-order valence-electron chi connectivity index (χ1n) is 8.63. The molecule has 124 valence electrons. The minimum absolute atomic E-state index is 0.245. The Labute approximate surface area is 147 Å². The predicted molar refractivity (Wildman–Crippen MR) is 97.5 cm³/mol. The summed E-state index contributed by atoms with van der Waals surface area (Å²) < 4.78 is 0. The van der Waals surface area contributed by atoms with E-state index in [1.807, 2.05) is 30.3 Å². The van der Waals surface area contributed by atoms with E-state index in [1.54, 1.807) is 23.9 Å². The quantitative estimate of drug-likeness (QED) is 0.489. The van der Waals surface area contributed by atoms with Crippen LogP contribution in [-0.2, 0) is 4.79 Å². The Bertz CT molecular complexity index is 686. The smallest absolute Gasteiger partial charge is 0.228 e. The Morgan fingerprint density at radius 3 is 2.17 bits per heavy atom. The monoisotopic (exact) mass is 338 g/mol. The maximum Gasteiger partial charge on any atom is 0.228 e. The molecule has 2 aromatic rings. The van der Waals surface area contributed by atoms with Crippen LogP contribution in [0.2, 0.25) is 0 Å². The second-order valence-electron chi connectivity index (χ2n) is 6.38. The molecule has 2 nitrogen and oxygen atoms in total. The van der Waals surface area contributed by atoms with Gasteiger partial charge in [0.25, 0.3) is 0 Å². The van der Waals surface area contributed by atoms with Crippen molar-refractivity contribution >= 4 is 23.3 Å². The first kappa shape index (κ1) is 17.0. The molecule has 0 aromatic heterocycles. The van der Waals surface area contributed by atoms with Gasteiger partial charge in [-0.2, -0.15) is 0 Å². The van der Waals surface area contributed by atoms with Crippen molar-refractivity contribution in [2.75, 3.05) is 0 Å². The SMILES string of the molecule is O=C(CCC1CCCC1)C(=O)c1ccc(Sc2ccccc2)cc1.